The number of carbonyl (C=O) groups excluding carboxylic acids is 1. The molecule has 5 rings (SSSR count). The summed E-state index contributed by atoms with van der Waals surface area (Å²) in [6, 6.07) is 12.5. The van der Waals surface area contributed by atoms with Crippen LogP contribution in [0.1, 0.15) is 38.4 Å². The molecule has 1 N–H and O–H groups in total. The molecular weight excluding hydrogens is 476 g/mol. The lowest BCUT2D eigenvalue weighted by atomic mass is 9.72. The molecule has 0 aliphatic carbocycles. The van der Waals surface area contributed by atoms with Crippen LogP contribution in [-0.4, -0.2) is 57.3 Å². The average molecular weight is 510 g/mol. The van der Waals surface area contributed by atoms with Gasteiger partial charge in [0.25, 0.3) is 0 Å². The zero-order valence-corrected chi connectivity index (χ0v) is 20.3. The number of benzene rings is 1. The molecule has 3 aromatic rings. The molecule has 0 bridgehead atoms. The molecule has 5 atom stereocenters. The van der Waals surface area contributed by atoms with Crippen molar-refractivity contribution in [3.8, 4) is 0 Å². The van der Waals surface area contributed by atoms with Gasteiger partial charge < -0.3 is 14.9 Å². The third-order valence-corrected chi connectivity index (χ3v) is 7.76. The minimum atomic E-state index is -1.16. The van der Waals surface area contributed by atoms with Gasteiger partial charge in [-0.25, -0.2) is 8.78 Å². The summed E-state index contributed by atoms with van der Waals surface area (Å²) in [4.78, 5) is 22.0. The summed E-state index contributed by atoms with van der Waals surface area (Å²) in [5.41, 5.74) is -0.260. The van der Waals surface area contributed by atoms with Gasteiger partial charge in [0.1, 0.15) is 17.2 Å². The van der Waals surface area contributed by atoms with Crippen molar-refractivity contribution in [3.05, 3.63) is 83.8 Å². The predicted molar refractivity (Wildman–Crippen MR) is 137 cm³/mol. The van der Waals surface area contributed by atoms with E-state index in [1.165, 1.54) is 12.1 Å². The molecule has 1 aromatic carbocycles. The van der Waals surface area contributed by atoms with Crippen molar-refractivity contribution in [2.24, 2.45) is 17.8 Å². The third kappa shape index (κ3) is 4.80. The van der Waals surface area contributed by atoms with Gasteiger partial charge in [-0.05, 0) is 35.9 Å². The predicted octanol–water partition coefficient (Wildman–Crippen LogP) is 4.01. The van der Waals surface area contributed by atoms with E-state index < -0.39 is 29.1 Å². The van der Waals surface area contributed by atoms with Gasteiger partial charge in [-0.3, -0.25) is 9.78 Å². The Morgan fingerprint density at radius 1 is 1.00 bits per heavy atom. The normalized spacial score (nSPS) is 27.6. The number of nitrogens with zero attached hydrogens (tertiary/aromatic N) is 5. The molecule has 9 heteroatoms. The molecule has 37 heavy (non-hydrogen) atoms. The monoisotopic (exact) mass is 509 g/mol. The lowest BCUT2D eigenvalue weighted by Crippen LogP contribution is -2.57. The van der Waals surface area contributed by atoms with Crippen LogP contribution in [0.3, 0.4) is 0 Å². The molecular formula is C28H33F2N5O2. The molecule has 2 aliphatic heterocycles. The number of hydrogen-bond acceptors (Lipinski definition) is 6. The van der Waals surface area contributed by atoms with Gasteiger partial charge in [0, 0.05) is 62.4 Å². The van der Waals surface area contributed by atoms with Crippen molar-refractivity contribution < 1.29 is 18.7 Å². The van der Waals surface area contributed by atoms with Crippen LogP contribution >= 0.6 is 0 Å². The van der Waals surface area contributed by atoms with Gasteiger partial charge in [0.15, 0.2) is 5.82 Å². The molecule has 0 radical (unpaired) electrons. The van der Waals surface area contributed by atoms with Gasteiger partial charge >= 0.3 is 0 Å². The van der Waals surface area contributed by atoms with E-state index in [-0.39, 0.29) is 25.2 Å². The van der Waals surface area contributed by atoms with Crippen molar-refractivity contribution in [2.45, 2.75) is 32.8 Å². The van der Waals surface area contributed by atoms with E-state index in [0.29, 0.717) is 43.3 Å². The number of aliphatic hydroxyl groups is 1. The smallest absolute Gasteiger partial charge is 0.228 e. The molecule has 1 amide bonds. The van der Waals surface area contributed by atoms with Crippen molar-refractivity contribution in [1.29, 1.82) is 0 Å². The van der Waals surface area contributed by atoms with Gasteiger partial charge in [-0.1, -0.05) is 33.4 Å². The second-order valence-electron chi connectivity index (χ2n) is 9.95. The van der Waals surface area contributed by atoms with E-state index >= 15 is 0 Å². The van der Waals surface area contributed by atoms with Crippen molar-refractivity contribution in [1.82, 2.24) is 20.1 Å². The molecule has 2 aliphatic rings. The van der Waals surface area contributed by atoms with Crippen LogP contribution in [0.5, 0.6) is 0 Å². The quantitative estimate of drug-likeness (QED) is 0.573. The molecule has 7 nitrogen and oxygen atoms in total. The van der Waals surface area contributed by atoms with E-state index in [1.807, 2.05) is 30.9 Å². The first-order valence-electron chi connectivity index (χ1n) is 12.2. The van der Waals surface area contributed by atoms with Crippen LogP contribution in [-0.2, 0) is 10.4 Å². The maximum atomic E-state index is 14.9. The van der Waals surface area contributed by atoms with Gasteiger partial charge in [-0.2, -0.15) is 5.10 Å². The minimum absolute atomic E-state index is 0. The zero-order chi connectivity index (χ0) is 25.4. The molecule has 2 aromatic heterocycles. The molecule has 1 unspecified atom stereocenters. The first-order valence-corrected chi connectivity index (χ1v) is 12.2. The number of anilines is 1. The minimum Gasteiger partial charge on any atom is -0.383 e. The Morgan fingerprint density at radius 2 is 1.76 bits per heavy atom. The summed E-state index contributed by atoms with van der Waals surface area (Å²) in [7, 11) is 0. The Hall–Kier alpha value is -3.46. The molecule has 0 spiro atoms. The number of halogens is 2. The Balaban J connectivity index is 0.00000320. The number of piperidine rings is 1. The van der Waals surface area contributed by atoms with E-state index in [4.69, 9.17) is 0 Å². The SMILES string of the molecule is C.C[C@@H]1CN(C(=O)[C@@H]2CN(c3cccnn3)C[C@H]2c2ccc(F)cc2F)C[C@H](C)C1(O)c1ccccn1. The van der Waals surface area contributed by atoms with Crippen molar-refractivity contribution in [2.75, 3.05) is 31.1 Å². The Labute approximate surface area is 216 Å². The average Bonchev–Trinajstić information content (AvgIpc) is 3.32. The highest BCUT2D eigenvalue weighted by Gasteiger charge is 2.50. The summed E-state index contributed by atoms with van der Waals surface area (Å²) in [5, 5.41) is 19.7. The van der Waals surface area contributed by atoms with Gasteiger partial charge in [0.05, 0.1) is 11.6 Å². The van der Waals surface area contributed by atoms with E-state index in [2.05, 4.69) is 15.2 Å². The number of pyridine rings is 1. The molecule has 2 fully saturated rings. The highest BCUT2D eigenvalue weighted by atomic mass is 19.1. The van der Waals surface area contributed by atoms with Crippen LogP contribution in [0.15, 0.2) is 60.9 Å². The van der Waals surface area contributed by atoms with Crippen LogP contribution in [0.4, 0.5) is 14.6 Å². The fourth-order valence-corrected chi connectivity index (χ4v) is 5.84. The van der Waals surface area contributed by atoms with E-state index in [0.717, 1.165) is 6.07 Å². The van der Waals surface area contributed by atoms with Gasteiger partial charge in [-0.15, -0.1) is 5.10 Å². The van der Waals surface area contributed by atoms with Crippen LogP contribution in [0.2, 0.25) is 0 Å². The second-order valence-corrected chi connectivity index (χ2v) is 9.95. The lowest BCUT2D eigenvalue weighted by Gasteiger charge is -2.48. The summed E-state index contributed by atoms with van der Waals surface area (Å²) >= 11 is 0. The van der Waals surface area contributed by atoms with Gasteiger partial charge in [0.2, 0.25) is 5.91 Å². The Morgan fingerprint density at radius 3 is 2.38 bits per heavy atom. The number of carbonyl (C=O) groups is 1. The highest BCUT2D eigenvalue weighted by molar-refractivity contribution is 5.82. The number of likely N-dealkylation sites (tertiary alicyclic amines) is 1. The third-order valence-electron chi connectivity index (χ3n) is 7.76. The number of hydrogen-bond donors (Lipinski definition) is 1. The summed E-state index contributed by atoms with van der Waals surface area (Å²) in [6.07, 6.45) is 3.23. The highest BCUT2D eigenvalue weighted by Crippen LogP contribution is 2.42. The first-order chi connectivity index (χ1) is 17.3. The number of rotatable bonds is 4. The van der Waals surface area contributed by atoms with Crippen LogP contribution in [0.25, 0.3) is 0 Å². The second kappa shape index (κ2) is 10.5. The topological polar surface area (TPSA) is 82.5 Å². The first kappa shape index (κ1) is 26.6. The molecule has 196 valence electrons. The largest absolute Gasteiger partial charge is 0.383 e. The zero-order valence-electron chi connectivity index (χ0n) is 20.3. The lowest BCUT2D eigenvalue weighted by molar-refractivity contribution is -0.153. The van der Waals surface area contributed by atoms with Crippen LogP contribution < -0.4 is 4.90 Å². The number of amides is 1. The maximum Gasteiger partial charge on any atom is 0.228 e. The van der Waals surface area contributed by atoms with E-state index in [1.54, 1.807) is 35.5 Å². The number of aromatic nitrogens is 3. The Bertz CT molecular complexity index is 1220. The molecule has 0 saturated carbocycles. The maximum absolute atomic E-state index is 14.9. The van der Waals surface area contributed by atoms with Crippen molar-refractivity contribution >= 4 is 11.7 Å². The summed E-state index contributed by atoms with van der Waals surface area (Å²) in [6.45, 7) is 5.22. The fraction of sp³-hybridized carbons (Fsp3) is 0.429. The van der Waals surface area contributed by atoms with Crippen molar-refractivity contribution in [3.63, 3.8) is 0 Å². The summed E-state index contributed by atoms with van der Waals surface area (Å²) < 4.78 is 28.5. The molecule has 2 saturated heterocycles. The molecule has 4 heterocycles. The fourth-order valence-electron chi connectivity index (χ4n) is 5.84. The van der Waals surface area contributed by atoms with Crippen LogP contribution in [0, 0.1) is 29.4 Å². The standard InChI is InChI=1S/C27H29F2N5O2.CH4/c1-17-13-34(14-18(2)27(17,36)24-6-3-4-10-30-24)26(35)22-16-33(25-7-5-11-31-32-25)15-21(22)20-9-8-19(28)12-23(20)29;/h3-12,17-18,21-22,36H,13-16H2,1-2H3;1H4/t17-,18+,21-,22+,27?;/m0./s1. The summed E-state index contributed by atoms with van der Waals surface area (Å²) in [5.74, 6) is -2.41. The van der Waals surface area contributed by atoms with E-state index in [9.17, 15) is 18.7 Å². The Kier molecular flexibility index (Phi) is 7.54.